The molecule has 15 heavy (non-hydrogen) atoms. The Morgan fingerprint density at radius 2 is 2.27 bits per heavy atom. The van der Waals surface area contributed by atoms with Gasteiger partial charge in [0, 0.05) is 13.3 Å². The van der Waals surface area contributed by atoms with Gasteiger partial charge in [-0.05, 0) is 19.3 Å². The fourth-order valence-electron chi connectivity index (χ4n) is 2.29. The van der Waals surface area contributed by atoms with E-state index in [0.717, 1.165) is 25.9 Å². The lowest BCUT2D eigenvalue weighted by Gasteiger charge is -2.22. The van der Waals surface area contributed by atoms with Crippen LogP contribution in [0.5, 0.6) is 0 Å². The quantitative estimate of drug-likeness (QED) is 0.516. The fraction of sp³-hybridized carbons (Fsp3) is 0.818. The molecule has 4 heteroatoms. The van der Waals surface area contributed by atoms with Gasteiger partial charge in [-0.15, -0.1) is 0 Å². The molecular formula is C11H19N2O2+. The number of hydrogen-bond acceptors (Lipinski definition) is 3. The molecule has 1 N–H and O–H groups in total. The molecule has 0 saturated carbocycles. The zero-order valence-electron chi connectivity index (χ0n) is 9.29. The van der Waals surface area contributed by atoms with Crippen molar-refractivity contribution >= 4 is 11.8 Å². The van der Waals surface area contributed by atoms with Crippen molar-refractivity contribution in [2.75, 3.05) is 13.1 Å². The fourth-order valence-corrected chi connectivity index (χ4v) is 2.29. The molecule has 0 amide bonds. The van der Waals surface area contributed by atoms with Gasteiger partial charge in [-0.1, -0.05) is 0 Å². The molecule has 0 aromatic rings. The van der Waals surface area contributed by atoms with Crippen LogP contribution in [0, 0.1) is 0 Å². The zero-order chi connectivity index (χ0) is 10.7. The third kappa shape index (κ3) is 2.70. The van der Waals surface area contributed by atoms with E-state index < -0.39 is 0 Å². The summed E-state index contributed by atoms with van der Waals surface area (Å²) >= 11 is 0. The van der Waals surface area contributed by atoms with E-state index in [1.54, 1.807) is 0 Å². The van der Waals surface area contributed by atoms with Crippen LogP contribution in [-0.4, -0.2) is 35.7 Å². The number of nitrogens with zero attached hydrogens (tertiary/aromatic N) is 1. The van der Waals surface area contributed by atoms with E-state index in [4.69, 9.17) is 4.74 Å². The first-order valence-corrected chi connectivity index (χ1v) is 5.80. The van der Waals surface area contributed by atoms with Gasteiger partial charge in [-0.2, -0.15) is 0 Å². The van der Waals surface area contributed by atoms with Gasteiger partial charge >= 0.3 is 5.97 Å². The Morgan fingerprint density at radius 1 is 1.40 bits per heavy atom. The molecule has 0 aliphatic carbocycles. The van der Waals surface area contributed by atoms with Crippen LogP contribution in [0.1, 0.15) is 39.0 Å². The van der Waals surface area contributed by atoms with E-state index in [-0.39, 0.29) is 12.2 Å². The van der Waals surface area contributed by atoms with E-state index in [1.807, 2.05) is 0 Å². The van der Waals surface area contributed by atoms with E-state index in [0.29, 0.717) is 0 Å². The lowest BCUT2D eigenvalue weighted by atomic mass is 10.2. The minimum absolute atomic E-state index is 0.105. The highest BCUT2D eigenvalue weighted by atomic mass is 16.6. The first-order valence-electron chi connectivity index (χ1n) is 5.80. The average Bonchev–Trinajstić information content (AvgIpc) is 2.41. The van der Waals surface area contributed by atoms with E-state index in [9.17, 15) is 4.79 Å². The number of esters is 1. The van der Waals surface area contributed by atoms with Crippen LogP contribution in [0.3, 0.4) is 0 Å². The van der Waals surface area contributed by atoms with Crippen molar-refractivity contribution in [3.05, 3.63) is 0 Å². The minimum atomic E-state index is -0.199. The summed E-state index contributed by atoms with van der Waals surface area (Å²) in [6.07, 6.45) is 5.71. The minimum Gasteiger partial charge on any atom is -0.423 e. The monoisotopic (exact) mass is 211 g/mol. The van der Waals surface area contributed by atoms with Crippen LogP contribution in [0.2, 0.25) is 0 Å². The largest absolute Gasteiger partial charge is 0.423 e. The maximum absolute atomic E-state index is 10.9. The number of ether oxygens (including phenoxy) is 1. The van der Waals surface area contributed by atoms with Gasteiger partial charge in [0.05, 0.1) is 19.5 Å². The molecule has 0 radical (unpaired) electrons. The van der Waals surface area contributed by atoms with Crippen molar-refractivity contribution < 1.29 is 14.1 Å². The number of amidine groups is 1. The Hall–Kier alpha value is -1.06. The summed E-state index contributed by atoms with van der Waals surface area (Å²) < 4.78 is 7.58. The molecule has 2 heterocycles. The lowest BCUT2D eigenvalue weighted by Crippen LogP contribution is -2.48. The molecule has 1 atom stereocenters. The highest BCUT2D eigenvalue weighted by molar-refractivity contribution is 5.78. The van der Waals surface area contributed by atoms with Crippen LogP contribution in [0.15, 0.2) is 0 Å². The first kappa shape index (κ1) is 10.5. The maximum Gasteiger partial charge on any atom is 0.306 e. The number of nitrogens with one attached hydrogen (secondary N) is 1. The van der Waals surface area contributed by atoms with E-state index in [1.165, 1.54) is 32.0 Å². The summed E-state index contributed by atoms with van der Waals surface area (Å²) in [5.41, 5.74) is 0. The van der Waals surface area contributed by atoms with Crippen LogP contribution >= 0.6 is 0 Å². The Balaban J connectivity index is 1.98. The molecule has 0 spiro atoms. The number of carbonyl (C=O) groups is 1. The van der Waals surface area contributed by atoms with Crippen molar-refractivity contribution in [2.45, 2.75) is 45.3 Å². The summed E-state index contributed by atoms with van der Waals surface area (Å²) in [6, 6.07) is 0. The molecule has 2 aliphatic heterocycles. The maximum atomic E-state index is 10.9. The van der Waals surface area contributed by atoms with Crippen molar-refractivity contribution in [1.29, 1.82) is 0 Å². The smallest absolute Gasteiger partial charge is 0.306 e. The summed E-state index contributed by atoms with van der Waals surface area (Å²) in [5, 5.41) is 3.33. The third-order valence-corrected chi connectivity index (χ3v) is 3.02. The third-order valence-electron chi connectivity index (χ3n) is 3.02. The van der Waals surface area contributed by atoms with Crippen LogP contribution in [-0.2, 0) is 9.53 Å². The van der Waals surface area contributed by atoms with Crippen molar-refractivity contribution in [3.63, 3.8) is 0 Å². The number of hydrogen-bond donors (Lipinski definition) is 1. The SMILES string of the molecule is CC(=O)OC1CC[N+]2=C(CCCCC2)N1. The Morgan fingerprint density at radius 3 is 3.07 bits per heavy atom. The van der Waals surface area contributed by atoms with Gasteiger partial charge in [-0.3, -0.25) is 9.37 Å². The van der Waals surface area contributed by atoms with Gasteiger partial charge in [0.15, 0.2) is 0 Å². The van der Waals surface area contributed by atoms with Gasteiger partial charge in [-0.25, -0.2) is 5.32 Å². The zero-order valence-corrected chi connectivity index (χ0v) is 9.29. The van der Waals surface area contributed by atoms with Gasteiger partial charge in [0.25, 0.3) is 0 Å². The lowest BCUT2D eigenvalue weighted by molar-refractivity contribution is -0.537. The standard InChI is InChI=1S/C11H18N2O2/c1-9(14)15-11-6-8-13-7-4-2-3-5-10(13)12-11/h11H,2-8H2,1H3/p+1. The molecule has 4 nitrogen and oxygen atoms in total. The van der Waals surface area contributed by atoms with E-state index >= 15 is 0 Å². The highest BCUT2D eigenvalue weighted by Gasteiger charge is 2.28. The molecule has 0 aromatic carbocycles. The average molecular weight is 211 g/mol. The number of carbonyl (C=O) groups excluding carboxylic acids is 1. The van der Waals surface area contributed by atoms with Crippen molar-refractivity contribution in [2.24, 2.45) is 0 Å². The molecule has 0 aromatic heterocycles. The second kappa shape index (κ2) is 4.64. The topological polar surface area (TPSA) is 41.3 Å². The Kier molecular flexibility index (Phi) is 3.23. The van der Waals surface area contributed by atoms with Crippen LogP contribution < -0.4 is 5.32 Å². The van der Waals surface area contributed by atoms with Crippen LogP contribution in [0.4, 0.5) is 0 Å². The molecular weight excluding hydrogens is 192 g/mol. The first-order chi connectivity index (χ1) is 7.25. The molecule has 2 rings (SSSR count). The number of rotatable bonds is 1. The van der Waals surface area contributed by atoms with Gasteiger partial charge in [0.2, 0.25) is 12.1 Å². The normalized spacial score (nSPS) is 26.3. The molecule has 1 unspecified atom stereocenters. The highest BCUT2D eigenvalue weighted by Crippen LogP contribution is 2.12. The Bertz CT molecular complexity index is 286. The molecule has 84 valence electrons. The summed E-state index contributed by atoms with van der Waals surface area (Å²) in [6.45, 7) is 3.63. The second-order valence-electron chi connectivity index (χ2n) is 4.28. The summed E-state index contributed by atoms with van der Waals surface area (Å²) in [7, 11) is 0. The molecule has 0 fully saturated rings. The van der Waals surface area contributed by atoms with Gasteiger partial charge < -0.3 is 4.74 Å². The van der Waals surface area contributed by atoms with Crippen molar-refractivity contribution in [3.8, 4) is 0 Å². The van der Waals surface area contributed by atoms with Crippen LogP contribution in [0.25, 0.3) is 0 Å². The predicted octanol–water partition coefficient (Wildman–Crippen LogP) is 0.854. The molecule has 2 aliphatic rings. The van der Waals surface area contributed by atoms with E-state index in [2.05, 4.69) is 9.89 Å². The molecule has 0 bridgehead atoms. The summed E-state index contributed by atoms with van der Waals surface area (Å²) in [4.78, 5) is 10.9. The molecule has 0 saturated heterocycles. The van der Waals surface area contributed by atoms with Crippen molar-refractivity contribution in [1.82, 2.24) is 5.32 Å². The second-order valence-corrected chi connectivity index (χ2v) is 4.28. The van der Waals surface area contributed by atoms with Gasteiger partial charge in [0.1, 0.15) is 0 Å². The predicted molar refractivity (Wildman–Crippen MR) is 56.8 cm³/mol. The Labute approximate surface area is 90.3 Å². The summed E-state index contributed by atoms with van der Waals surface area (Å²) in [5.74, 6) is 1.07.